The van der Waals surface area contributed by atoms with Crippen LogP contribution in [0.5, 0.6) is 5.88 Å². The van der Waals surface area contributed by atoms with Crippen molar-refractivity contribution in [2.75, 3.05) is 24.7 Å². The predicted octanol–water partition coefficient (Wildman–Crippen LogP) is 3.70. The molecular formula is C27H30F3N5O5S. The van der Waals surface area contributed by atoms with Crippen molar-refractivity contribution in [3.8, 4) is 11.7 Å². The number of nitrogens with one attached hydrogen (secondary N) is 1. The van der Waals surface area contributed by atoms with Crippen LogP contribution < -0.4 is 14.4 Å². The van der Waals surface area contributed by atoms with Gasteiger partial charge < -0.3 is 14.7 Å². The Morgan fingerprint density at radius 3 is 2.46 bits per heavy atom. The van der Waals surface area contributed by atoms with Crippen molar-refractivity contribution in [1.82, 2.24) is 19.5 Å². The van der Waals surface area contributed by atoms with Crippen LogP contribution in [0, 0.1) is 11.3 Å². The number of aromatic nitrogens is 3. The van der Waals surface area contributed by atoms with Crippen LogP contribution in [0.25, 0.3) is 5.82 Å². The zero-order chi connectivity index (χ0) is 29.6. The molecule has 1 atom stereocenters. The van der Waals surface area contributed by atoms with Crippen molar-refractivity contribution in [2.45, 2.75) is 49.7 Å². The minimum Gasteiger partial charge on any atom is -0.476 e. The van der Waals surface area contributed by atoms with E-state index in [4.69, 9.17) is 4.74 Å². The number of alkyl halides is 3. The van der Waals surface area contributed by atoms with Gasteiger partial charge in [-0.15, -0.1) is 5.10 Å². The van der Waals surface area contributed by atoms with Gasteiger partial charge >= 0.3 is 6.18 Å². The molecule has 2 aromatic heterocycles. The highest BCUT2D eigenvalue weighted by molar-refractivity contribution is 7.90. The minimum atomic E-state index is -4.36. The van der Waals surface area contributed by atoms with Gasteiger partial charge in [0.2, 0.25) is 5.88 Å². The molecule has 1 aliphatic carbocycles. The maximum absolute atomic E-state index is 13.4. The number of hydrogen-bond acceptors (Lipinski definition) is 8. The second-order valence-corrected chi connectivity index (χ2v) is 12.8. The first-order valence-electron chi connectivity index (χ1n) is 13.0. The molecule has 3 heterocycles. The molecule has 5 rings (SSSR count). The number of aliphatic hydroxyl groups excluding tert-OH is 1. The number of rotatable bonds is 9. The maximum Gasteiger partial charge on any atom is 0.397 e. The number of halogens is 3. The summed E-state index contributed by atoms with van der Waals surface area (Å²) in [6.45, 7) is 3.59. The molecular weight excluding hydrogens is 563 g/mol. The summed E-state index contributed by atoms with van der Waals surface area (Å²) in [6, 6.07) is 11.8. The fraction of sp³-hybridized carbons (Fsp3) is 0.444. The quantitative estimate of drug-likeness (QED) is 0.385. The average Bonchev–Trinajstić information content (AvgIpc) is 3.48. The van der Waals surface area contributed by atoms with Gasteiger partial charge in [-0.3, -0.25) is 4.79 Å². The lowest BCUT2D eigenvalue weighted by Crippen LogP contribution is -2.41. The number of ether oxygens (including phenoxy) is 1. The van der Waals surface area contributed by atoms with E-state index in [0.29, 0.717) is 13.0 Å². The third kappa shape index (κ3) is 5.75. The molecule has 0 bridgehead atoms. The van der Waals surface area contributed by atoms with Crippen molar-refractivity contribution < 1.29 is 36.2 Å². The zero-order valence-electron chi connectivity index (χ0n) is 22.4. The third-order valence-corrected chi connectivity index (χ3v) is 8.96. The van der Waals surface area contributed by atoms with E-state index in [9.17, 15) is 31.5 Å². The third-order valence-electron chi connectivity index (χ3n) is 7.61. The number of carbonyl (C=O) groups is 1. The molecule has 10 nitrogen and oxygen atoms in total. The van der Waals surface area contributed by atoms with Gasteiger partial charge in [0.1, 0.15) is 17.8 Å². The van der Waals surface area contributed by atoms with Gasteiger partial charge in [-0.1, -0.05) is 18.2 Å². The SMILES string of the molecule is CC1(C)CC(CO)CN1c1nc(-n2ccc(OCC3(C(F)(F)F)CC3)n2)ccc1C(=O)NS(=O)(=O)c1ccccc1. The van der Waals surface area contributed by atoms with Gasteiger partial charge in [0.05, 0.1) is 10.5 Å². The first-order valence-corrected chi connectivity index (χ1v) is 14.5. The van der Waals surface area contributed by atoms with Crippen LogP contribution in [0.1, 0.15) is 43.5 Å². The molecule has 3 aromatic rings. The summed E-state index contributed by atoms with van der Waals surface area (Å²) >= 11 is 0. The maximum atomic E-state index is 13.4. The normalized spacial score (nSPS) is 19.7. The Kier molecular flexibility index (Phi) is 7.26. The summed E-state index contributed by atoms with van der Waals surface area (Å²) in [7, 11) is -4.17. The highest BCUT2D eigenvalue weighted by atomic mass is 32.2. The fourth-order valence-electron chi connectivity index (χ4n) is 5.05. The van der Waals surface area contributed by atoms with E-state index < -0.39 is 39.7 Å². The van der Waals surface area contributed by atoms with Crippen molar-refractivity contribution in [3.05, 3.63) is 60.3 Å². The smallest absolute Gasteiger partial charge is 0.397 e. The molecule has 1 saturated heterocycles. The van der Waals surface area contributed by atoms with Crippen LogP contribution in [0.4, 0.5) is 19.0 Å². The number of aliphatic hydroxyl groups is 1. The van der Waals surface area contributed by atoms with Crippen molar-refractivity contribution in [2.24, 2.45) is 11.3 Å². The molecule has 1 unspecified atom stereocenters. The number of anilines is 1. The Morgan fingerprint density at radius 1 is 1.15 bits per heavy atom. The molecule has 1 saturated carbocycles. The van der Waals surface area contributed by atoms with E-state index in [0.717, 1.165) is 0 Å². The first-order chi connectivity index (χ1) is 19.2. The van der Waals surface area contributed by atoms with E-state index in [-0.39, 0.29) is 53.3 Å². The summed E-state index contributed by atoms with van der Waals surface area (Å²) in [5, 5.41) is 14.0. The Hall–Kier alpha value is -3.65. The van der Waals surface area contributed by atoms with Crippen molar-refractivity contribution >= 4 is 21.7 Å². The van der Waals surface area contributed by atoms with Crippen LogP contribution in [0.3, 0.4) is 0 Å². The zero-order valence-corrected chi connectivity index (χ0v) is 23.2. The van der Waals surface area contributed by atoms with Crippen molar-refractivity contribution in [1.29, 1.82) is 0 Å². The molecule has 2 fully saturated rings. The average molecular weight is 594 g/mol. The van der Waals surface area contributed by atoms with Gasteiger partial charge in [-0.2, -0.15) is 13.2 Å². The molecule has 2 aliphatic rings. The second kappa shape index (κ2) is 10.3. The van der Waals surface area contributed by atoms with Gasteiger partial charge in [-0.25, -0.2) is 22.8 Å². The summed E-state index contributed by atoms with van der Waals surface area (Å²) in [5.41, 5.74) is -2.40. The van der Waals surface area contributed by atoms with Crippen LogP contribution in [0.2, 0.25) is 0 Å². The molecule has 1 aromatic carbocycles. The largest absolute Gasteiger partial charge is 0.476 e. The Balaban J connectivity index is 1.45. The van der Waals surface area contributed by atoms with Gasteiger partial charge in [-0.05, 0) is 57.4 Å². The van der Waals surface area contributed by atoms with E-state index >= 15 is 0 Å². The number of sulfonamides is 1. The van der Waals surface area contributed by atoms with Crippen LogP contribution in [-0.4, -0.2) is 65.7 Å². The van der Waals surface area contributed by atoms with Crippen LogP contribution in [0.15, 0.2) is 59.6 Å². The van der Waals surface area contributed by atoms with E-state index in [1.165, 1.54) is 53.3 Å². The number of hydrogen-bond donors (Lipinski definition) is 2. The monoisotopic (exact) mass is 593 g/mol. The lowest BCUT2D eigenvalue weighted by molar-refractivity contribution is -0.194. The number of amides is 1. The van der Waals surface area contributed by atoms with Gasteiger partial charge in [0.15, 0.2) is 5.82 Å². The number of nitrogens with zero attached hydrogens (tertiary/aromatic N) is 4. The first kappa shape index (κ1) is 28.9. The van der Waals surface area contributed by atoms with E-state index in [1.807, 2.05) is 18.7 Å². The molecule has 0 radical (unpaired) electrons. The number of benzene rings is 1. The summed E-state index contributed by atoms with van der Waals surface area (Å²) < 4.78 is 74.3. The van der Waals surface area contributed by atoms with E-state index in [2.05, 4.69) is 14.8 Å². The Morgan fingerprint density at radius 2 is 1.85 bits per heavy atom. The molecule has 41 heavy (non-hydrogen) atoms. The Bertz CT molecular complexity index is 1540. The van der Waals surface area contributed by atoms with Crippen molar-refractivity contribution in [3.63, 3.8) is 0 Å². The molecule has 0 spiro atoms. The molecule has 1 aliphatic heterocycles. The number of carbonyl (C=O) groups excluding carboxylic acids is 1. The van der Waals surface area contributed by atoms with Crippen LogP contribution in [-0.2, 0) is 10.0 Å². The number of pyridine rings is 1. The topological polar surface area (TPSA) is 127 Å². The highest BCUT2D eigenvalue weighted by Crippen LogP contribution is 2.57. The standard InChI is InChI=1S/C27H30F3N5O5S/c1-25(2)14-18(16-36)15-34(25)23-20(24(37)33-41(38,39)19-6-4-3-5-7-19)8-9-21(31-23)35-13-10-22(32-35)40-17-26(11-12-26)27(28,29)30/h3-10,13,18,36H,11-12,14-17H2,1-2H3,(H,33,37). The summed E-state index contributed by atoms with van der Waals surface area (Å²) in [5.74, 6) is -0.597. The van der Waals surface area contributed by atoms with Crippen LogP contribution >= 0.6 is 0 Å². The summed E-state index contributed by atoms with van der Waals surface area (Å²) in [4.78, 5) is 19.7. The van der Waals surface area contributed by atoms with Gasteiger partial charge in [0, 0.05) is 36.9 Å². The fourth-order valence-corrected chi connectivity index (χ4v) is 6.04. The molecule has 1 amide bonds. The molecule has 14 heteroatoms. The van der Waals surface area contributed by atoms with E-state index in [1.54, 1.807) is 6.07 Å². The lowest BCUT2D eigenvalue weighted by Gasteiger charge is -2.33. The Labute approximate surface area is 235 Å². The summed E-state index contributed by atoms with van der Waals surface area (Å²) in [6.07, 6.45) is -2.27. The minimum absolute atomic E-state index is 0.00605. The second-order valence-electron chi connectivity index (χ2n) is 11.1. The highest BCUT2D eigenvalue weighted by Gasteiger charge is 2.64. The molecule has 2 N–H and O–H groups in total. The predicted molar refractivity (Wildman–Crippen MR) is 142 cm³/mol. The molecule has 220 valence electrons. The van der Waals surface area contributed by atoms with Gasteiger partial charge in [0.25, 0.3) is 15.9 Å². The lowest BCUT2D eigenvalue weighted by atomic mass is 9.97.